The Kier molecular flexibility index (Phi) is 6.12. The molecule has 6 nitrogen and oxygen atoms in total. The first-order valence-corrected chi connectivity index (χ1v) is 10.5. The van der Waals surface area contributed by atoms with Gasteiger partial charge in [0.15, 0.2) is 0 Å². The van der Waals surface area contributed by atoms with Gasteiger partial charge in [-0.25, -0.2) is 13.8 Å². The molecule has 0 aliphatic heterocycles. The van der Waals surface area contributed by atoms with Gasteiger partial charge in [-0.2, -0.15) is 8.78 Å². The van der Waals surface area contributed by atoms with Crippen LogP contribution in [0.1, 0.15) is 60.4 Å². The molecule has 0 aromatic carbocycles. The molecule has 0 unspecified atom stereocenters. The van der Waals surface area contributed by atoms with Gasteiger partial charge in [-0.1, -0.05) is 6.07 Å². The summed E-state index contributed by atoms with van der Waals surface area (Å²) < 4.78 is 54.5. The zero-order valence-corrected chi connectivity index (χ0v) is 17.8. The summed E-state index contributed by atoms with van der Waals surface area (Å²) in [6.07, 6.45) is 2.97. The Morgan fingerprint density at radius 3 is 2.50 bits per heavy atom. The topological polar surface area (TPSA) is 54.6 Å². The lowest BCUT2D eigenvalue weighted by Crippen LogP contribution is -2.43. The van der Waals surface area contributed by atoms with E-state index in [9.17, 15) is 22.4 Å². The summed E-state index contributed by atoms with van der Waals surface area (Å²) in [5, 5.41) is 2.95. The molecule has 1 aliphatic carbocycles. The van der Waals surface area contributed by atoms with Crippen molar-refractivity contribution in [2.45, 2.75) is 57.7 Å². The Labute approximate surface area is 182 Å². The molecular weight excluding hydrogens is 426 g/mol. The van der Waals surface area contributed by atoms with Crippen molar-refractivity contribution in [1.29, 1.82) is 0 Å². The highest BCUT2D eigenvalue weighted by atomic mass is 19.3. The molecule has 0 atom stereocenters. The van der Waals surface area contributed by atoms with Crippen LogP contribution in [-0.4, -0.2) is 39.0 Å². The highest BCUT2D eigenvalue weighted by Crippen LogP contribution is 2.29. The lowest BCUT2D eigenvalue weighted by molar-refractivity contribution is 0.0685. The van der Waals surface area contributed by atoms with Crippen molar-refractivity contribution in [1.82, 2.24) is 19.3 Å². The van der Waals surface area contributed by atoms with Crippen molar-refractivity contribution in [2.75, 3.05) is 11.9 Å². The van der Waals surface area contributed by atoms with Gasteiger partial charge in [-0.3, -0.25) is 13.8 Å². The maximum Gasteiger partial charge on any atom is 0.318 e. The Bertz CT molecular complexity index is 1100. The average molecular weight is 451 g/mol. The molecule has 32 heavy (non-hydrogen) atoms. The van der Waals surface area contributed by atoms with E-state index in [1.54, 1.807) is 16.5 Å². The number of carbonyl (C=O) groups excluding carboxylic acids is 1. The van der Waals surface area contributed by atoms with Crippen LogP contribution in [0.3, 0.4) is 0 Å². The molecule has 1 fully saturated rings. The zero-order chi connectivity index (χ0) is 23.0. The summed E-state index contributed by atoms with van der Waals surface area (Å²) in [5.41, 5.74) is 0.771. The molecule has 3 aromatic heterocycles. The summed E-state index contributed by atoms with van der Waals surface area (Å²) in [4.78, 5) is 18.5. The molecule has 1 amide bonds. The van der Waals surface area contributed by atoms with Crippen LogP contribution in [0.2, 0.25) is 0 Å². The second kappa shape index (κ2) is 8.84. The first kappa shape index (κ1) is 22.2. The molecule has 0 saturated heterocycles. The van der Waals surface area contributed by atoms with E-state index in [-0.39, 0.29) is 29.2 Å². The smallest absolute Gasteiger partial charge is 0.318 e. The van der Waals surface area contributed by atoms with Crippen LogP contribution in [0, 0.1) is 6.92 Å². The van der Waals surface area contributed by atoms with E-state index < -0.39 is 13.0 Å². The molecule has 4 rings (SSSR count). The van der Waals surface area contributed by atoms with Crippen molar-refractivity contribution in [3.05, 3.63) is 53.6 Å². The molecule has 3 aromatic rings. The van der Waals surface area contributed by atoms with Gasteiger partial charge in [0.25, 0.3) is 12.3 Å². The van der Waals surface area contributed by atoms with E-state index in [4.69, 9.17) is 0 Å². The number of aromatic nitrogens is 3. The molecule has 1 aliphatic rings. The number of rotatable bonds is 6. The summed E-state index contributed by atoms with van der Waals surface area (Å²) in [5.74, 6) is 0.421. The third kappa shape index (κ3) is 4.31. The van der Waals surface area contributed by atoms with Crippen LogP contribution in [0.5, 0.6) is 0 Å². The molecule has 0 spiro atoms. The van der Waals surface area contributed by atoms with E-state index >= 15 is 0 Å². The van der Waals surface area contributed by atoms with Gasteiger partial charge in [0.1, 0.15) is 17.2 Å². The Hall–Kier alpha value is -3.04. The molecule has 1 N–H and O–H groups in total. The molecule has 10 heteroatoms. The first-order chi connectivity index (χ1) is 15.2. The molecule has 1 saturated carbocycles. The largest absolute Gasteiger partial charge is 0.358 e. The minimum atomic E-state index is -2.68. The van der Waals surface area contributed by atoms with E-state index in [0.717, 1.165) is 36.1 Å². The fourth-order valence-corrected chi connectivity index (χ4v) is 4.39. The van der Waals surface area contributed by atoms with Crippen LogP contribution < -0.4 is 10.2 Å². The molecule has 0 bridgehead atoms. The summed E-state index contributed by atoms with van der Waals surface area (Å²) in [7, 11) is 1.93. The number of anilines is 1. The standard InChI is InChI=1S/C22H25F4N5O/c1-13-10-14(11-30(13)22(25)26)21(32)27-15-6-8-16(9-7-15)29(2)19-5-3-4-18-28-17(20(23)24)12-31(18)19/h3-5,10-12,15-16,20,22H,6-9H2,1-2H3,(H,27,32). The number of alkyl halides is 4. The minimum Gasteiger partial charge on any atom is -0.358 e. The zero-order valence-electron chi connectivity index (χ0n) is 17.8. The van der Waals surface area contributed by atoms with Gasteiger partial charge in [-0.15, -0.1) is 0 Å². The Morgan fingerprint density at radius 2 is 1.88 bits per heavy atom. The van der Waals surface area contributed by atoms with Crippen LogP contribution in [0.4, 0.5) is 23.4 Å². The second-order valence-corrected chi connectivity index (χ2v) is 8.22. The first-order valence-electron chi connectivity index (χ1n) is 10.5. The van der Waals surface area contributed by atoms with Gasteiger partial charge >= 0.3 is 6.55 Å². The molecule has 172 valence electrons. The van der Waals surface area contributed by atoms with Gasteiger partial charge < -0.3 is 10.2 Å². The number of aryl methyl sites for hydroxylation is 1. The third-order valence-electron chi connectivity index (χ3n) is 6.18. The SMILES string of the molecule is Cc1cc(C(=O)NC2CCC(N(C)c3cccc4nc(C(F)F)cn34)CC2)cn1C(F)F. The number of nitrogens with one attached hydrogen (secondary N) is 1. The molecule has 3 heterocycles. The normalized spacial score (nSPS) is 19.1. The van der Waals surface area contributed by atoms with Crippen LogP contribution in [-0.2, 0) is 0 Å². The lowest BCUT2D eigenvalue weighted by atomic mass is 9.90. The van der Waals surface area contributed by atoms with Crippen molar-refractivity contribution >= 4 is 17.4 Å². The van der Waals surface area contributed by atoms with E-state index in [1.165, 1.54) is 25.4 Å². The van der Waals surface area contributed by atoms with Crippen molar-refractivity contribution in [2.24, 2.45) is 0 Å². The number of halogens is 4. The number of hydrogen-bond acceptors (Lipinski definition) is 3. The number of imidazole rings is 1. The number of hydrogen-bond donors (Lipinski definition) is 1. The maximum atomic E-state index is 13.1. The quantitative estimate of drug-likeness (QED) is 0.540. The van der Waals surface area contributed by atoms with E-state index in [0.29, 0.717) is 11.3 Å². The molecule has 0 radical (unpaired) electrons. The van der Waals surface area contributed by atoms with Gasteiger partial charge in [-0.05, 0) is 50.8 Å². The predicted octanol–water partition coefficient (Wildman–Crippen LogP) is 4.95. The number of fused-ring (bicyclic) bond motifs is 1. The highest BCUT2D eigenvalue weighted by molar-refractivity contribution is 5.94. The summed E-state index contributed by atoms with van der Waals surface area (Å²) in [6.45, 7) is -1.14. The van der Waals surface area contributed by atoms with Crippen LogP contribution in [0.15, 0.2) is 36.7 Å². The predicted molar refractivity (Wildman–Crippen MR) is 112 cm³/mol. The van der Waals surface area contributed by atoms with Gasteiger partial charge in [0.2, 0.25) is 0 Å². The monoisotopic (exact) mass is 451 g/mol. The van der Waals surface area contributed by atoms with E-state index in [1.807, 2.05) is 13.1 Å². The van der Waals surface area contributed by atoms with Gasteiger partial charge in [0.05, 0.1) is 5.56 Å². The third-order valence-corrected chi connectivity index (χ3v) is 6.18. The highest BCUT2D eigenvalue weighted by Gasteiger charge is 2.27. The van der Waals surface area contributed by atoms with Crippen LogP contribution >= 0.6 is 0 Å². The van der Waals surface area contributed by atoms with Crippen LogP contribution in [0.25, 0.3) is 5.65 Å². The number of pyridine rings is 1. The number of amides is 1. The second-order valence-electron chi connectivity index (χ2n) is 8.22. The Morgan fingerprint density at radius 1 is 1.16 bits per heavy atom. The minimum absolute atomic E-state index is 0.0446. The number of carbonyl (C=O) groups is 1. The average Bonchev–Trinajstić information content (AvgIpc) is 3.37. The molecular formula is C22H25F4N5O. The van der Waals surface area contributed by atoms with E-state index in [2.05, 4.69) is 15.2 Å². The van der Waals surface area contributed by atoms with Gasteiger partial charge in [0, 0.05) is 37.2 Å². The maximum absolute atomic E-state index is 13.1. The fraction of sp³-hybridized carbons (Fsp3) is 0.455. The summed E-state index contributed by atoms with van der Waals surface area (Å²) in [6, 6.07) is 6.94. The van der Waals surface area contributed by atoms with Crippen molar-refractivity contribution in [3.63, 3.8) is 0 Å². The number of nitrogens with zero attached hydrogens (tertiary/aromatic N) is 4. The van der Waals surface area contributed by atoms with Crippen molar-refractivity contribution < 1.29 is 22.4 Å². The summed E-state index contributed by atoms with van der Waals surface area (Å²) >= 11 is 0. The lowest BCUT2D eigenvalue weighted by Gasteiger charge is -2.36. The fourth-order valence-electron chi connectivity index (χ4n) is 4.39. The Balaban J connectivity index is 1.39. The van der Waals surface area contributed by atoms with Crippen molar-refractivity contribution in [3.8, 4) is 0 Å².